The van der Waals surface area contributed by atoms with E-state index >= 15 is 0 Å². The van der Waals surface area contributed by atoms with Gasteiger partial charge in [-0.15, -0.1) is 0 Å². The first-order chi connectivity index (χ1) is 7.86. The van der Waals surface area contributed by atoms with E-state index in [0.29, 0.717) is 19.8 Å². The molecule has 1 rings (SSSR count). The van der Waals surface area contributed by atoms with Gasteiger partial charge in [-0.1, -0.05) is 0 Å². The van der Waals surface area contributed by atoms with E-state index in [-0.39, 0.29) is 6.04 Å². The van der Waals surface area contributed by atoms with Gasteiger partial charge in [-0.05, 0) is 35.2 Å². The zero-order valence-corrected chi connectivity index (χ0v) is 10.5. The zero-order chi connectivity index (χ0) is 11.6. The molecule has 0 bridgehead atoms. The quantitative estimate of drug-likeness (QED) is 0.389. The summed E-state index contributed by atoms with van der Waals surface area (Å²) in [5.74, 6) is 5.47. The van der Waals surface area contributed by atoms with Crippen LogP contribution in [0.5, 0.6) is 0 Å². The summed E-state index contributed by atoms with van der Waals surface area (Å²) in [4.78, 5) is 0. The van der Waals surface area contributed by atoms with Crippen molar-refractivity contribution in [3.8, 4) is 0 Å². The molecule has 1 aromatic heterocycles. The number of aryl methyl sites for hydroxylation is 1. The van der Waals surface area contributed by atoms with E-state index in [9.17, 15) is 0 Å². The maximum absolute atomic E-state index is 5.47. The van der Waals surface area contributed by atoms with Crippen molar-refractivity contribution in [1.29, 1.82) is 0 Å². The minimum Gasteiger partial charge on any atom is -0.382 e. The lowest BCUT2D eigenvalue weighted by molar-refractivity contribution is 0.0575. The van der Waals surface area contributed by atoms with Crippen molar-refractivity contribution in [2.24, 2.45) is 5.84 Å². The summed E-state index contributed by atoms with van der Waals surface area (Å²) in [6, 6.07) is 2.35. The van der Waals surface area contributed by atoms with Crippen molar-refractivity contribution in [2.45, 2.75) is 18.9 Å². The van der Waals surface area contributed by atoms with Crippen LogP contribution >= 0.6 is 11.3 Å². The van der Waals surface area contributed by atoms with Gasteiger partial charge in [0.15, 0.2) is 0 Å². The Morgan fingerprint density at radius 3 is 3.00 bits per heavy atom. The lowest BCUT2D eigenvalue weighted by atomic mass is 10.1. The Labute approximate surface area is 101 Å². The van der Waals surface area contributed by atoms with Crippen LogP contribution in [0.15, 0.2) is 16.8 Å². The first kappa shape index (κ1) is 13.6. The Bertz CT molecular complexity index is 254. The van der Waals surface area contributed by atoms with E-state index in [1.165, 1.54) is 5.56 Å². The second-order valence-corrected chi connectivity index (χ2v) is 4.38. The molecule has 0 saturated heterocycles. The predicted molar refractivity (Wildman–Crippen MR) is 66.4 cm³/mol. The third kappa shape index (κ3) is 5.58. The number of hydrogen-bond donors (Lipinski definition) is 2. The fourth-order valence-corrected chi connectivity index (χ4v) is 2.06. The predicted octanol–water partition coefficient (Wildman–Crippen LogP) is 1.18. The average molecular weight is 244 g/mol. The number of rotatable bonds is 9. The second kappa shape index (κ2) is 8.66. The first-order valence-corrected chi connectivity index (χ1v) is 6.35. The SMILES string of the molecule is COCCOCC(CCc1ccsc1)NN. The van der Waals surface area contributed by atoms with Crippen LogP contribution in [0, 0.1) is 0 Å². The van der Waals surface area contributed by atoms with E-state index in [2.05, 4.69) is 22.3 Å². The highest BCUT2D eigenvalue weighted by atomic mass is 32.1. The Balaban J connectivity index is 2.11. The Morgan fingerprint density at radius 1 is 1.50 bits per heavy atom. The topological polar surface area (TPSA) is 56.5 Å². The van der Waals surface area contributed by atoms with E-state index in [4.69, 9.17) is 15.3 Å². The van der Waals surface area contributed by atoms with Gasteiger partial charge in [-0.25, -0.2) is 0 Å². The zero-order valence-electron chi connectivity index (χ0n) is 9.65. The van der Waals surface area contributed by atoms with Gasteiger partial charge in [-0.3, -0.25) is 11.3 Å². The van der Waals surface area contributed by atoms with E-state index in [1.807, 2.05) is 0 Å². The van der Waals surface area contributed by atoms with Crippen molar-refractivity contribution >= 4 is 11.3 Å². The first-order valence-electron chi connectivity index (χ1n) is 5.40. The highest BCUT2D eigenvalue weighted by molar-refractivity contribution is 7.07. The monoisotopic (exact) mass is 244 g/mol. The van der Waals surface area contributed by atoms with Gasteiger partial charge >= 0.3 is 0 Å². The van der Waals surface area contributed by atoms with Crippen LogP contribution in [0.2, 0.25) is 0 Å². The molecule has 5 heteroatoms. The summed E-state index contributed by atoms with van der Waals surface area (Å²) in [5.41, 5.74) is 4.14. The molecule has 0 spiro atoms. The fourth-order valence-electron chi connectivity index (χ4n) is 1.36. The van der Waals surface area contributed by atoms with Crippen LogP contribution in [0.25, 0.3) is 0 Å². The lowest BCUT2D eigenvalue weighted by Gasteiger charge is -2.15. The highest BCUT2D eigenvalue weighted by Gasteiger charge is 2.07. The number of hydrogen-bond acceptors (Lipinski definition) is 5. The van der Waals surface area contributed by atoms with E-state index in [0.717, 1.165) is 12.8 Å². The molecule has 0 fully saturated rings. The third-order valence-corrected chi connectivity index (χ3v) is 3.08. The smallest absolute Gasteiger partial charge is 0.0701 e. The molecule has 3 N–H and O–H groups in total. The van der Waals surface area contributed by atoms with Gasteiger partial charge < -0.3 is 9.47 Å². The molecule has 0 aromatic carbocycles. The highest BCUT2D eigenvalue weighted by Crippen LogP contribution is 2.09. The number of ether oxygens (including phenoxy) is 2. The van der Waals surface area contributed by atoms with Crippen LogP contribution in [0.4, 0.5) is 0 Å². The number of thiophene rings is 1. The van der Waals surface area contributed by atoms with Gasteiger partial charge in [0.05, 0.1) is 19.8 Å². The molecule has 92 valence electrons. The van der Waals surface area contributed by atoms with Gasteiger partial charge in [0.25, 0.3) is 0 Å². The van der Waals surface area contributed by atoms with Gasteiger partial charge in [0.1, 0.15) is 0 Å². The van der Waals surface area contributed by atoms with Crippen LogP contribution in [-0.4, -0.2) is 33.0 Å². The molecule has 0 saturated carbocycles. The molecular weight excluding hydrogens is 224 g/mol. The third-order valence-electron chi connectivity index (χ3n) is 2.35. The number of hydrazine groups is 1. The standard InChI is InChI=1S/C11H20N2O2S/c1-14-5-6-15-8-11(13-12)3-2-10-4-7-16-9-10/h4,7,9,11,13H,2-3,5-6,8,12H2,1H3. The van der Waals surface area contributed by atoms with Crippen molar-refractivity contribution in [2.75, 3.05) is 26.9 Å². The van der Waals surface area contributed by atoms with Crippen molar-refractivity contribution < 1.29 is 9.47 Å². The minimum absolute atomic E-state index is 0.205. The largest absolute Gasteiger partial charge is 0.382 e. The molecule has 16 heavy (non-hydrogen) atoms. The molecule has 0 amide bonds. The maximum Gasteiger partial charge on any atom is 0.0701 e. The van der Waals surface area contributed by atoms with Gasteiger partial charge in [0.2, 0.25) is 0 Å². The van der Waals surface area contributed by atoms with Crippen LogP contribution in [0.3, 0.4) is 0 Å². The average Bonchev–Trinajstić information content (AvgIpc) is 2.81. The van der Waals surface area contributed by atoms with Crippen molar-refractivity contribution in [3.05, 3.63) is 22.4 Å². The van der Waals surface area contributed by atoms with Crippen molar-refractivity contribution in [3.63, 3.8) is 0 Å². The molecule has 0 aliphatic rings. The maximum atomic E-state index is 5.47. The molecular formula is C11H20N2O2S. The van der Waals surface area contributed by atoms with Crippen molar-refractivity contribution in [1.82, 2.24) is 5.43 Å². The Hall–Kier alpha value is -0.460. The molecule has 1 atom stereocenters. The number of nitrogens with one attached hydrogen (secondary N) is 1. The van der Waals surface area contributed by atoms with Crippen LogP contribution in [-0.2, 0) is 15.9 Å². The molecule has 0 aliphatic heterocycles. The normalized spacial score (nSPS) is 12.9. The molecule has 0 radical (unpaired) electrons. The lowest BCUT2D eigenvalue weighted by Crippen LogP contribution is -2.39. The second-order valence-electron chi connectivity index (χ2n) is 3.60. The molecule has 1 heterocycles. The number of nitrogens with two attached hydrogens (primary N) is 1. The summed E-state index contributed by atoms with van der Waals surface area (Å²) in [6.45, 7) is 1.87. The summed E-state index contributed by atoms with van der Waals surface area (Å²) >= 11 is 1.72. The summed E-state index contributed by atoms with van der Waals surface area (Å²) in [7, 11) is 1.67. The minimum atomic E-state index is 0.205. The number of methoxy groups -OCH3 is 1. The molecule has 1 unspecified atom stereocenters. The van der Waals surface area contributed by atoms with Gasteiger partial charge in [-0.2, -0.15) is 11.3 Å². The van der Waals surface area contributed by atoms with E-state index < -0.39 is 0 Å². The van der Waals surface area contributed by atoms with Crippen LogP contribution in [0.1, 0.15) is 12.0 Å². The summed E-state index contributed by atoms with van der Waals surface area (Å²) < 4.78 is 10.3. The fraction of sp³-hybridized carbons (Fsp3) is 0.636. The Kier molecular flexibility index (Phi) is 7.37. The molecule has 0 aliphatic carbocycles. The van der Waals surface area contributed by atoms with E-state index in [1.54, 1.807) is 18.4 Å². The van der Waals surface area contributed by atoms with Gasteiger partial charge in [0, 0.05) is 13.2 Å². The molecule has 4 nitrogen and oxygen atoms in total. The summed E-state index contributed by atoms with van der Waals surface area (Å²) in [5, 5.41) is 4.26. The van der Waals surface area contributed by atoms with Crippen LogP contribution < -0.4 is 11.3 Å². The summed E-state index contributed by atoms with van der Waals surface area (Å²) in [6.07, 6.45) is 2.02. The Morgan fingerprint density at radius 2 is 2.38 bits per heavy atom. The molecule has 1 aromatic rings.